The van der Waals surface area contributed by atoms with Crippen LogP contribution in [-0.2, 0) is 5.44 Å². The van der Waals surface area contributed by atoms with Crippen LogP contribution in [0.4, 0.5) is 25.1 Å². The van der Waals surface area contributed by atoms with Gasteiger partial charge < -0.3 is 20.2 Å². The van der Waals surface area contributed by atoms with Gasteiger partial charge in [-0.15, -0.1) is 0 Å². The second kappa shape index (κ2) is 8.01. The van der Waals surface area contributed by atoms with Crippen molar-refractivity contribution in [3.8, 4) is 0 Å². The molecule has 0 bridgehead atoms. The summed E-state index contributed by atoms with van der Waals surface area (Å²) in [4.78, 5) is 21.0. The number of aliphatic hydroxyl groups excluding tert-OH is 1. The number of β-amino-alcohol motifs (C(OH)–C–C–N with tert-alkyl or cyclic N) is 1. The second-order valence-electron chi connectivity index (χ2n) is 9.91. The summed E-state index contributed by atoms with van der Waals surface area (Å²) < 4.78 is 30.7. The Bertz CT molecular complexity index is 1270. The number of aromatic nitrogens is 3. The number of likely N-dealkylation sites (tertiary alicyclic amines) is 1. The van der Waals surface area contributed by atoms with Gasteiger partial charge in [0.05, 0.1) is 12.3 Å². The minimum absolute atomic E-state index is 0.282. The zero-order chi connectivity index (χ0) is 24.3. The first-order chi connectivity index (χ1) is 16.1. The summed E-state index contributed by atoms with van der Waals surface area (Å²) in [6.45, 7) is 1.36. The van der Waals surface area contributed by atoms with Gasteiger partial charge in [0.15, 0.2) is 5.65 Å². The minimum Gasteiger partial charge on any atom is -0.391 e. The fraction of sp³-hybridized carbons (Fsp3) is 0.381. The third-order valence-electron chi connectivity index (χ3n) is 7.59. The maximum Gasteiger partial charge on any atom is 0.322 e. The van der Waals surface area contributed by atoms with Gasteiger partial charge in [-0.3, -0.25) is 0 Å². The van der Waals surface area contributed by atoms with Crippen LogP contribution in [0.25, 0.3) is 5.65 Å². The molecule has 2 N–H and O–H groups in total. The fourth-order valence-electron chi connectivity index (χ4n) is 5.17. The molecule has 3 aromatic rings. The van der Waals surface area contributed by atoms with E-state index in [4.69, 9.17) is 4.98 Å². The van der Waals surface area contributed by atoms with Crippen molar-refractivity contribution in [3.63, 3.8) is 0 Å². The second-order valence-corrected chi connectivity index (χ2v) is 9.91. The van der Waals surface area contributed by atoms with E-state index in [-0.39, 0.29) is 23.4 Å². The molecule has 2 fully saturated rings. The number of carbonyl (C=O) groups is 1. The molecule has 2 aliphatic heterocycles. The van der Waals surface area contributed by atoms with E-state index in [1.807, 2.05) is 28.4 Å². The van der Waals surface area contributed by atoms with E-state index in [0.717, 1.165) is 12.5 Å². The molecule has 5 rings (SSSR count). The third kappa shape index (κ3) is 3.53. The number of amides is 2. The molecule has 13 heteroatoms. The summed E-state index contributed by atoms with van der Waals surface area (Å²) in [7, 11) is 6.01. The Hall–Kier alpha value is -3.08. The summed E-state index contributed by atoms with van der Waals surface area (Å²) in [6.07, 6.45) is 4.05. The van der Waals surface area contributed by atoms with Gasteiger partial charge in [0, 0.05) is 36.8 Å². The first-order valence-electron chi connectivity index (χ1n) is 11.4. The standard InChI is InChI=1S/C21H25B3F2N6O2/c22-20(23)5-8-31(21(20,24)14-9-12(25)1-2-15(14)26)17-4-7-32-18(29-17)16(10-27-32)28-19(34)30-6-3-13(33)11-30/h1-2,4,7,9-10,13,33H,3,5-6,8,11,22-24H2,(H,28,34)/t13-,21?/m0/s1. The molecular formula is C21H25B3F2N6O2. The Labute approximate surface area is 198 Å². The number of rotatable bonds is 3. The highest BCUT2D eigenvalue weighted by atomic mass is 19.1. The monoisotopic (exact) mass is 464 g/mol. The highest BCUT2D eigenvalue weighted by Crippen LogP contribution is 2.53. The number of carbonyl (C=O) groups excluding carboxylic acids is 1. The largest absolute Gasteiger partial charge is 0.391 e. The smallest absolute Gasteiger partial charge is 0.322 e. The SMILES string of the molecule is BC1(B)CCN(c2ccn3ncc(NC(=O)N4CC[C@H](O)C4)c3n2)C1(B)c1cc(F)ccc1F. The molecule has 1 aromatic carbocycles. The Balaban J connectivity index is 1.53. The quantitative estimate of drug-likeness (QED) is 0.520. The number of hydrogen-bond donors (Lipinski definition) is 2. The van der Waals surface area contributed by atoms with E-state index in [0.29, 0.717) is 36.7 Å². The molecule has 2 amide bonds. The van der Waals surface area contributed by atoms with Crippen molar-refractivity contribution in [1.29, 1.82) is 0 Å². The lowest BCUT2D eigenvalue weighted by Gasteiger charge is -2.46. The molecule has 34 heavy (non-hydrogen) atoms. The number of nitrogens with one attached hydrogen (secondary N) is 1. The van der Waals surface area contributed by atoms with Crippen molar-refractivity contribution < 1.29 is 18.7 Å². The van der Waals surface area contributed by atoms with Crippen molar-refractivity contribution in [2.45, 2.75) is 29.6 Å². The number of aliphatic hydroxyl groups is 1. The lowest BCUT2D eigenvalue weighted by atomic mass is 9.38. The first kappa shape index (κ1) is 22.7. The average Bonchev–Trinajstić information content (AvgIpc) is 3.47. The predicted octanol–water partition coefficient (Wildman–Crippen LogP) is -0.315. The topological polar surface area (TPSA) is 86.0 Å². The van der Waals surface area contributed by atoms with Crippen LogP contribution in [0.5, 0.6) is 0 Å². The Kier molecular flexibility index (Phi) is 5.35. The number of hydrogen-bond acceptors (Lipinski definition) is 5. The maximum atomic E-state index is 15.0. The van der Waals surface area contributed by atoms with Crippen LogP contribution in [0, 0.1) is 11.6 Å². The Morgan fingerprint density at radius 1 is 1.21 bits per heavy atom. The normalized spacial score (nSPS) is 24.1. The van der Waals surface area contributed by atoms with Gasteiger partial charge in [-0.05, 0) is 37.1 Å². The molecule has 174 valence electrons. The van der Waals surface area contributed by atoms with Crippen molar-refractivity contribution in [2.24, 2.45) is 0 Å². The molecule has 0 saturated carbocycles. The summed E-state index contributed by atoms with van der Waals surface area (Å²) in [5.41, 5.74) is 0.300. The van der Waals surface area contributed by atoms with Crippen molar-refractivity contribution in [2.75, 3.05) is 29.9 Å². The third-order valence-corrected chi connectivity index (χ3v) is 7.59. The van der Waals surface area contributed by atoms with Crippen LogP contribution in [0.15, 0.2) is 36.7 Å². The van der Waals surface area contributed by atoms with Crippen LogP contribution >= 0.6 is 0 Å². The minimum atomic E-state index is -0.861. The van der Waals surface area contributed by atoms with Gasteiger partial charge in [-0.1, -0.05) is 5.21 Å². The highest BCUT2D eigenvalue weighted by Gasteiger charge is 2.52. The number of anilines is 2. The van der Waals surface area contributed by atoms with Gasteiger partial charge >= 0.3 is 6.03 Å². The number of nitrogens with zero attached hydrogens (tertiary/aromatic N) is 5. The van der Waals surface area contributed by atoms with Gasteiger partial charge in [-0.2, -0.15) is 5.10 Å². The molecular weight excluding hydrogens is 439 g/mol. The van der Waals surface area contributed by atoms with Gasteiger partial charge in [0.25, 0.3) is 0 Å². The Morgan fingerprint density at radius 3 is 2.74 bits per heavy atom. The van der Waals surface area contributed by atoms with Crippen molar-refractivity contribution in [1.82, 2.24) is 19.5 Å². The number of urea groups is 1. The molecule has 0 aliphatic carbocycles. The van der Waals surface area contributed by atoms with Crippen LogP contribution in [-0.4, -0.2) is 79.9 Å². The lowest BCUT2D eigenvalue weighted by molar-refractivity contribution is 0.176. The van der Waals surface area contributed by atoms with E-state index in [1.54, 1.807) is 21.7 Å². The molecule has 2 saturated heterocycles. The van der Waals surface area contributed by atoms with Crippen LogP contribution in [0.2, 0.25) is 5.21 Å². The molecule has 2 aliphatic rings. The lowest BCUT2D eigenvalue weighted by Crippen LogP contribution is -2.50. The fourth-order valence-corrected chi connectivity index (χ4v) is 5.17. The summed E-state index contributed by atoms with van der Waals surface area (Å²) >= 11 is 0. The van der Waals surface area contributed by atoms with E-state index in [2.05, 4.69) is 10.4 Å². The summed E-state index contributed by atoms with van der Waals surface area (Å²) in [5.74, 6) is -0.372. The van der Waals surface area contributed by atoms with Crippen molar-refractivity contribution in [3.05, 3.63) is 53.9 Å². The predicted molar refractivity (Wildman–Crippen MR) is 133 cm³/mol. The average molecular weight is 464 g/mol. The highest BCUT2D eigenvalue weighted by molar-refractivity contribution is 6.46. The maximum absolute atomic E-state index is 15.0. The van der Waals surface area contributed by atoms with E-state index >= 15 is 0 Å². The summed E-state index contributed by atoms with van der Waals surface area (Å²) in [6, 6.07) is 5.02. The molecule has 1 unspecified atom stereocenters. The van der Waals surface area contributed by atoms with E-state index in [9.17, 15) is 18.7 Å². The first-order valence-corrected chi connectivity index (χ1v) is 11.4. The van der Waals surface area contributed by atoms with Gasteiger partial charge in [0.2, 0.25) is 0 Å². The summed E-state index contributed by atoms with van der Waals surface area (Å²) in [5, 5.41) is 16.5. The number of halogens is 2. The molecule has 0 spiro atoms. The molecule has 2 atom stereocenters. The molecule has 0 radical (unpaired) electrons. The van der Waals surface area contributed by atoms with Gasteiger partial charge in [0.1, 0.15) is 46.7 Å². The number of benzene rings is 1. The van der Waals surface area contributed by atoms with E-state index in [1.165, 1.54) is 18.3 Å². The zero-order valence-corrected chi connectivity index (χ0v) is 19.4. The van der Waals surface area contributed by atoms with Crippen LogP contribution < -0.4 is 10.2 Å². The van der Waals surface area contributed by atoms with Crippen molar-refractivity contribution >= 4 is 46.7 Å². The molecule has 8 nitrogen and oxygen atoms in total. The van der Waals surface area contributed by atoms with Gasteiger partial charge in [-0.25, -0.2) is 23.1 Å². The van der Waals surface area contributed by atoms with Crippen LogP contribution in [0.3, 0.4) is 0 Å². The molecule has 4 heterocycles. The Morgan fingerprint density at radius 2 is 2.00 bits per heavy atom. The van der Waals surface area contributed by atoms with Crippen LogP contribution in [0.1, 0.15) is 18.4 Å². The zero-order valence-electron chi connectivity index (χ0n) is 19.4. The molecule has 2 aromatic heterocycles. The number of fused-ring (bicyclic) bond motifs is 1. The van der Waals surface area contributed by atoms with E-state index < -0.39 is 23.2 Å².